The molecule has 1 aromatic heterocycles. The molecule has 0 spiro atoms. The van der Waals surface area contributed by atoms with Crippen LogP contribution in [0.1, 0.15) is 27.7 Å². The lowest BCUT2D eigenvalue weighted by Crippen LogP contribution is -2.26. The summed E-state index contributed by atoms with van der Waals surface area (Å²) in [5.74, 6) is 1.93. The molecule has 0 saturated heterocycles. The molecule has 0 N–H and O–H groups in total. The molecule has 4 nitrogen and oxygen atoms in total. The molecule has 1 aromatic rings. The van der Waals surface area contributed by atoms with Gasteiger partial charge in [-0.1, -0.05) is 0 Å². The van der Waals surface area contributed by atoms with Crippen molar-refractivity contribution < 1.29 is 0 Å². The van der Waals surface area contributed by atoms with E-state index in [9.17, 15) is 0 Å². The van der Waals surface area contributed by atoms with Gasteiger partial charge < -0.3 is 9.80 Å². The monoisotopic (exact) mass is 222 g/mol. The zero-order valence-corrected chi connectivity index (χ0v) is 10.8. The molecule has 0 aromatic carbocycles. The fourth-order valence-corrected chi connectivity index (χ4v) is 1.75. The van der Waals surface area contributed by atoms with Gasteiger partial charge in [-0.15, -0.1) is 0 Å². The quantitative estimate of drug-likeness (QED) is 0.738. The van der Waals surface area contributed by atoms with Crippen LogP contribution >= 0.6 is 0 Å². The normalized spacial score (nSPS) is 10.2. The molecule has 16 heavy (non-hydrogen) atoms. The van der Waals surface area contributed by atoms with Gasteiger partial charge in [0.25, 0.3) is 0 Å². The minimum Gasteiger partial charge on any atom is -0.356 e. The topological polar surface area (TPSA) is 32.3 Å². The summed E-state index contributed by atoms with van der Waals surface area (Å²) in [6.45, 7) is 12.4. The van der Waals surface area contributed by atoms with E-state index in [2.05, 4.69) is 47.5 Å². The first kappa shape index (κ1) is 12.7. The number of anilines is 2. The Bertz CT molecular complexity index is 278. The van der Waals surface area contributed by atoms with Crippen LogP contribution in [0.4, 0.5) is 11.6 Å². The van der Waals surface area contributed by atoms with Crippen LogP contribution in [0.15, 0.2) is 12.4 Å². The lowest BCUT2D eigenvalue weighted by Gasteiger charge is -2.23. The lowest BCUT2D eigenvalue weighted by atomic mass is 10.4. The van der Waals surface area contributed by atoms with Gasteiger partial charge in [0, 0.05) is 26.2 Å². The molecule has 0 unspecified atom stereocenters. The Kier molecular flexibility index (Phi) is 5.02. The predicted octanol–water partition coefficient (Wildman–Crippen LogP) is 2.17. The van der Waals surface area contributed by atoms with Crippen molar-refractivity contribution in [3.05, 3.63) is 12.4 Å². The third kappa shape index (κ3) is 2.84. The smallest absolute Gasteiger partial charge is 0.149 e. The van der Waals surface area contributed by atoms with Crippen LogP contribution in [0.25, 0.3) is 0 Å². The van der Waals surface area contributed by atoms with Crippen LogP contribution < -0.4 is 9.80 Å². The molecule has 0 saturated carbocycles. The summed E-state index contributed by atoms with van der Waals surface area (Å²) in [7, 11) is 0. The molecular formula is C12H22N4. The average molecular weight is 222 g/mol. The Morgan fingerprint density at radius 1 is 0.812 bits per heavy atom. The van der Waals surface area contributed by atoms with Crippen LogP contribution in [-0.4, -0.2) is 36.1 Å². The van der Waals surface area contributed by atoms with Crippen molar-refractivity contribution in [3.63, 3.8) is 0 Å². The van der Waals surface area contributed by atoms with E-state index in [0.717, 1.165) is 37.8 Å². The molecule has 0 fully saturated rings. The van der Waals surface area contributed by atoms with Gasteiger partial charge in [-0.25, -0.2) is 4.98 Å². The zero-order valence-electron chi connectivity index (χ0n) is 10.8. The Hall–Kier alpha value is -1.32. The predicted molar refractivity (Wildman–Crippen MR) is 69.2 cm³/mol. The third-order valence-corrected chi connectivity index (χ3v) is 2.78. The van der Waals surface area contributed by atoms with Gasteiger partial charge in [0.05, 0.1) is 12.4 Å². The molecule has 0 amide bonds. The van der Waals surface area contributed by atoms with Crippen LogP contribution in [0, 0.1) is 0 Å². The highest BCUT2D eigenvalue weighted by Gasteiger charge is 2.08. The summed E-state index contributed by atoms with van der Waals surface area (Å²) in [6.07, 6.45) is 3.67. The molecule has 0 bridgehead atoms. The highest BCUT2D eigenvalue weighted by Crippen LogP contribution is 2.15. The maximum absolute atomic E-state index is 4.65. The molecular weight excluding hydrogens is 200 g/mol. The number of hydrogen-bond acceptors (Lipinski definition) is 4. The van der Waals surface area contributed by atoms with Crippen molar-refractivity contribution in [2.45, 2.75) is 27.7 Å². The molecule has 1 rings (SSSR count). The van der Waals surface area contributed by atoms with E-state index in [1.807, 2.05) is 12.4 Å². The van der Waals surface area contributed by atoms with Gasteiger partial charge in [0.2, 0.25) is 0 Å². The molecule has 0 aliphatic rings. The van der Waals surface area contributed by atoms with E-state index in [0.29, 0.717) is 0 Å². The second kappa shape index (κ2) is 6.30. The molecule has 0 radical (unpaired) electrons. The zero-order chi connectivity index (χ0) is 12.0. The first-order valence-corrected chi connectivity index (χ1v) is 6.08. The third-order valence-electron chi connectivity index (χ3n) is 2.78. The first-order chi connectivity index (χ1) is 7.76. The largest absolute Gasteiger partial charge is 0.356 e. The standard InChI is InChI=1S/C12H22N4/c1-5-15(6-2)11-9-13-10-12(14-11)16(7-3)8-4/h9-10H,5-8H2,1-4H3. The second-order valence-corrected chi connectivity index (χ2v) is 3.58. The van der Waals surface area contributed by atoms with E-state index in [1.165, 1.54) is 0 Å². The highest BCUT2D eigenvalue weighted by molar-refractivity contribution is 5.45. The average Bonchev–Trinajstić information content (AvgIpc) is 2.33. The fraction of sp³-hybridized carbons (Fsp3) is 0.667. The molecule has 1 heterocycles. The van der Waals surface area contributed by atoms with E-state index >= 15 is 0 Å². The summed E-state index contributed by atoms with van der Waals surface area (Å²) >= 11 is 0. The number of rotatable bonds is 6. The Morgan fingerprint density at radius 2 is 1.19 bits per heavy atom. The van der Waals surface area contributed by atoms with E-state index in [-0.39, 0.29) is 0 Å². The summed E-state index contributed by atoms with van der Waals surface area (Å²) in [4.78, 5) is 13.3. The summed E-state index contributed by atoms with van der Waals surface area (Å²) in [6, 6.07) is 0. The Morgan fingerprint density at radius 3 is 1.50 bits per heavy atom. The van der Waals surface area contributed by atoms with Crippen LogP contribution in [-0.2, 0) is 0 Å². The van der Waals surface area contributed by atoms with E-state index in [4.69, 9.17) is 0 Å². The van der Waals surface area contributed by atoms with Crippen molar-refractivity contribution in [3.8, 4) is 0 Å². The molecule has 0 atom stereocenters. The van der Waals surface area contributed by atoms with Gasteiger partial charge in [-0.05, 0) is 27.7 Å². The number of aromatic nitrogens is 2. The van der Waals surface area contributed by atoms with Gasteiger partial charge in [0.1, 0.15) is 11.6 Å². The lowest BCUT2D eigenvalue weighted by molar-refractivity contribution is 0.810. The van der Waals surface area contributed by atoms with Crippen molar-refractivity contribution in [1.29, 1.82) is 0 Å². The van der Waals surface area contributed by atoms with Gasteiger partial charge in [-0.2, -0.15) is 0 Å². The SMILES string of the molecule is CCN(CC)c1cncc(N(CC)CC)n1. The minimum absolute atomic E-state index is 0.965. The summed E-state index contributed by atoms with van der Waals surface area (Å²) in [5, 5.41) is 0. The number of hydrogen-bond donors (Lipinski definition) is 0. The number of nitrogens with zero attached hydrogens (tertiary/aromatic N) is 4. The second-order valence-electron chi connectivity index (χ2n) is 3.58. The van der Waals surface area contributed by atoms with Crippen molar-refractivity contribution in [2.75, 3.05) is 36.0 Å². The minimum atomic E-state index is 0.965. The van der Waals surface area contributed by atoms with Crippen molar-refractivity contribution >= 4 is 11.6 Å². The molecule has 4 heteroatoms. The molecule has 0 aliphatic heterocycles. The van der Waals surface area contributed by atoms with Gasteiger partial charge in [-0.3, -0.25) is 4.98 Å². The van der Waals surface area contributed by atoms with Crippen molar-refractivity contribution in [2.24, 2.45) is 0 Å². The Balaban J connectivity index is 2.93. The first-order valence-electron chi connectivity index (χ1n) is 6.08. The van der Waals surface area contributed by atoms with Crippen LogP contribution in [0.5, 0.6) is 0 Å². The summed E-state index contributed by atoms with van der Waals surface area (Å²) < 4.78 is 0. The van der Waals surface area contributed by atoms with E-state index < -0.39 is 0 Å². The molecule has 0 aliphatic carbocycles. The van der Waals surface area contributed by atoms with Gasteiger partial charge in [0.15, 0.2) is 0 Å². The maximum Gasteiger partial charge on any atom is 0.149 e. The van der Waals surface area contributed by atoms with E-state index in [1.54, 1.807) is 0 Å². The van der Waals surface area contributed by atoms with Crippen LogP contribution in [0.2, 0.25) is 0 Å². The fourth-order valence-electron chi connectivity index (χ4n) is 1.75. The maximum atomic E-state index is 4.65. The van der Waals surface area contributed by atoms with Gasteiger partial charge >= 0.3 is 0 Å². The summed E-state index contributed by atoms with van der Waals surface area (Å²) in [5.41, 5.74) is 0. The van der Waals surface area contributed by atoms with Crippen LogP contribution in [0.3, 0.4) is 0 Å². The molecule has 90 valence electrons. The highest BCUT2D eigenvalue weighted by atomic mass is 15.2. The van der Waals surface area contributed by atoms with Crippen molar-refractivity contribution in [1.82, 2.24) is 9.97 Å². The Labute approximate surface area is 98.3 Å².